The molecule has 35 heavy (non-hydrogen) atoms. The molecule has 1 saturated heterocycles. The maximum atomic E-state index is 12.6. The van der Waals surface area contributed by atoms with Gasteiger partial charge in [-0.15, -0.1) is 0 Å². The number of nitrogens with one attached hydrogen (secondary N) is 1. The largest absolute Gasteiger partial charge is 1.00 e. The van der Waals surface area contributed by atoms with E-state index in [9.17, 15) is 19.2 Å². The second-order valence-corrected chi connectivity index (χ2v) is 10.6. The van der Waals surface area contributed by atoms with Crippen LogP contribution in [0.3, 0.4) is 0 Å². The molecule has 1 N–H and O–H groups in total. The van der Waals surface area contributed by atoms with Gasteiger partial charge in [0.2, 0.25) is 0 Å². The first-order valence-electron chi connectivity index (χ1n) is 11.4. The Bertz CT molecular complexity index is 704. The Morgan fingerprint density at radius 3 is 1.69 bits per heavy atom. The molecule has 0 spiro atoms. The molecule has 0 aromatic heterocycles. The van der Waals surface area contributed by atoms with Crippen LogP contribution in [0.2, 0.25) is 0 Å². The fourth-order valence-corrected chi connectivity index (χ4v) is 4.79. The molecule has 1 fully saturated rings. The van der Waals surface area contributed by atoms with E-state index in [-0.39, 0.29) is 78.5 Å². The van der Waals surface area contributed by atoms with Gasteiger partial charge in [0.25, 0.3) is 0 Å². The SMILES string of the molecule is CC(=O)C1CCN(C)C(C(C)=O)CCN(C)[C]([Ti+3])(C(C)=O)CCN(C)C(C(C)=O)CCN1.[Cl-].[Cl-].[Cl-]. The Balaban J connectivity index is -0.00000341. The van der Waals surface area contributed by atoms with E-state index < -0.39 is 3.84 Å². The molecule has 202 valence electrons. The van der Waals surface area contributed by atoms with Crippen molar-refractivity contribution in [2.45, 2.75) is 75.3 Å². The van der Waals surface area contributed by atoms with Gasteiger partial charge >= 0.3 is 205 Å². The molecule has 0 bridgehead atoms. The summed E-state index contributed by atoms with van der Waals surface area (Å²) in [6.07, 6.45) is 2.38. The van der Waals surface area contributed by atoms with Gasteiger partial charge in [-0.3, -0.25) is 0 Å². The van der Waals surface area contributed by atoms with Crippen molar-refractivity contribution in [2.24, 2.45) is 0 Å². The molecule has 0 aliphatic carbocycles. The number of halogens is 3. The number of rotatable bonds is 4. The van der Waals surface area contributed by atoms with E-state index >= 15 is 0 Å². The predicted octanol–water partition coefficient (Wildman–Crippen LogP) is -8.34. The van der Waals surface area contributed by atoms with E-state index in [2.05, 4.69) is 5.32 Å². The second kappa shape index (κ2) is 18.4. The zero-order valence-corrected chi connectivity index (χ0v) is 25.8. The van der Waals surface area contributed by atoms with E-state index in [0.29, 0.717) is 51.9 Å². The van der Waals surface area contributed by atoms with Crippen molar-refractivity contribution >= 4 is 23.1 Å². The number of Topliss-reactive ketones (excluding diaryl/α,β-unsaturated/α-hetero) is 4. The van der Waals surface area contributed by atoms with E-state index in [1.807, 2.05) is 56.3 Å². The number of ketones is 4. The van der Waals surface area contributed by atoms with Crippen molar-refractivity contribution in [3.05, 3.63) is 0 Å². The molecule has 4 atom stereocenters. The van der Waals surface area contributed by atoms with Gasteiger partial charge in [-0.05, 0) is 0 Å². The molecule has 1 rings (SSSR count). The predicted molar refractivity (Wildman–Crippen MR) is 121 cm³/mol. The van der Waals surface area contributed by atoms with Crippen LogP contribution < -0.4 is 42.5 Å². The quantitative estimate of drug-likeness (QED) is 0.323. The van der Waals surface area contributed by atoms with Crippen molar-refractivity contribution < 1.29 is 76.8 Å². The Labute approximate surface area is 241 Å². The summed E-state index contributed by atoms with van der Waals surface area (Å²) >= 11 is 1.95. The zero-order valence-electron chi connectivity index (χ0n) is 22.0. The summed E-state index contributed by atoms with van der Waals surface area (Å²) in [4.78, 5) is 55.5. The first-order valence-corrected chi connectivity index (χ1v) is 12.2. The first-order chi connectivity index (χ1) is 14.8. The summed E-state index contributed by atoms with van der Waals surface area (Å²) in [5.74, 6) is 0.302. The first kappa shape index (κ1) is 39.6. The Kier molecular flexibility index (Phi) is 20.8. The van der Waals surface area contributed by atoms with Gasteiger partial charge in [-0.1, -0.05) is 0 Å². The summed E-state index contributed by atoms with van der Waals surface area (Å²) in [5.41, 5.74) is 0. The Morgan fingerprint density at radius 2 is 1.23 bits per heavy atom. The smallest absolute Gasteiger partial charge is 1.00 e. The van der Waals surface area contributed by atoms with Crippen LogP contribution in [-0.4, -0.2) is 107 Å². The molecule has 0 aromatic carbocycles. The van der Waals surface area contributed by atoms with Gasteiger partial charge in [-0.2, -0.15) is 0 Å². The normalized spacial score (nSPS) is 28.5. The van der Waals surface area contributed by atoms with Gasteiger partial charge < -0.3 is 37.2 Å². The molecular weight excluding hydrogens is 551 g/mol. The standard InChI is InChI=1S/C23H41N4O4.3ClH.Ti/c1-16(28)20-9-13-25(5)22(18(3)30)11-15-27(7)23(19(4)31)10-14-26(6)21(17(2)29)8-12-24-20;;;;/h20-22,24H,8-15H2,1-7H3;3*1H;/q;;;;+3/p-3. The minimum absolute atomic E-state index is 0. The van der Waals surface area contributed by atoms with Gasteiger partial charge in [0, 0.05) is 0 Å². The minimum Gasteiger partial charge on any atom is -1.00 e. The van der Waals surface area contributed by atoms with Crippen LogP contribution >= 0.6 is 0 Å². The Hall–Kier alpha value is 0.104. The second-order valence-electron chi connectivity index (χ2n) is 9.29. The monoisotopic (exact) mass is 590 g/mol. The van der Waals surface area contributed by atoms with Crippen LogP contribution in [0, 0.1) is 0 Å². The van der Waals surface area contributed by atoms with Crippen molar-refractivity contribution in [3.8, 4) is 0 Å². The number of hydrogen-bond donors (Lipinski definition) is 1. The molecule has 0 radical (unpaired) electrons. The summed E-state index contributed by atoms with van der Waals surface area (Å²) in [6, 6.07) is -0.840. The molecule has 12 heteroatoms. The molecule has 0 amide bonds. The van der Waals surface area contributed by atoms with Crippen LogP contribution in [0.1, 0.15) is 53.4 Å². The average Bonchev–Trinajstić information content (AvgIpc) is 2.69. The summed E-state index contributed by atoms with van der Waals surface area (Å²) in [7, 11) is 5.76. The molecule has 1 heterocycles. The van der Waals surface area contributed by atoms with E-state index in [4.69, 9.17) is 0 Å². The van der Waals surface area contributed by atoms with Crippen LogP contribution in [0.15, 0.2) is 0 Å². The molecule has 0 aromatic rings. The van der Waals surface area contributed by atoms with Crippen LogP contribution in [0.25, 0.3) is 0 Å². The summed E-state index contributed by atoms with van der Waals surface area (Å²) in [5, 5.41) is 3.31. The van der Waals surface area contributed by atoms with E-state index in [1.54, 1.807) is 27.7 Å². The molecule has 1 aliphatic rings. The third-order valence-corrected chi connectivity index (χ3v) is 8.41. The number of hydrogen-bond acceptors (Lipinski definition) is 8. The van der Waals surface area contributed by atoms with Crippen molar-refractivity contribution in [3.63, 3.8) is 0 Å². The van der Waals surface area contributed by atoms with Crippen LogP contribution in [0.5, 0.6) is 0 Å². The third-order valence-electron chi connectivity index (χ3n) is 6.87. The molecule has 0 saturated carbocycles. The third kappa shape index (κ3) is 12.0. The topological polar surface area (TPSA) is 90.0 Å². The van der Waals surface area contributed by atoms with Gasteiger partial charge in [-0.25, -0.2) is 0 Å². The van der Waals surface area contributed by atoms with Gasteiger partial charge in [0.05, 0.1) is 0 Å². The average molecular weight is 592 g/mol. The fraction of sp³-hybridized carbons (Fsp3) is 0.826. The van der Waals surface area contributed by atoms with Crippen LogP contribution in [-0.2, 0) is 39.6 Å². The molecule has 8 nitrogen and oxygen atoms in total. The molecular formula is C23H41Cl3N4O4Ti. The molecule has 1 aliphatic heterocycles. The van der Waals surface area contributed by atoms with E-state index in [0.717, 1.165) is 0 Å². The van der Waals surface area contributed by atoms with Gasteiger partial charge in [0.1, 0.15) is 0 Å². The summed E-state index contributed by atoms with van der Waals surface area (Å²) < 4.78 is -0.676. The van der Waals surface area contributed by atoms with Crippen LogP contribution in [0.4, 0.5) is 0 Å². The van der Waals surface area contributed by atoms with Crippen molar-refractivity contribution in [1.82, 2.24) is 20.0 Å². The zero-order chi connectivity index (χ0) is 24.6. The Morgan fingerprint density at radius 1 is 0.743 bits per heavy atom. The number of carbonyl (C=O) groups excluding carboxylic acids is 4. The number of carbonyl (C=O) groups is 4. The fourth-order valence-electron chi connectivity index (χ4n) is 4.44. The minimum atomic E-state index is -0.676. The summed E-state index contributed by atoms with van der Waals surface area (Å²) in [6.45, 7) is 8.71. The van der Waals surface area contributed by atoms with Crippen molar-refractivity contribution in [1.29, 1.82) is 0 Å². The van der Waals surface area contributed by atoms with E-state index in [1.165, 1.54) is 0 Å². The maximum Gasteiger partial charge on any atom is -1.00 e. The number of likely N-dealkylation sites (N-methyl/N-ethyl adjacent to an activating group) is 3. The molecule has 4 unspecified atom stereocenters. The van der Waals surface area contributed by atoms with Gasteiger partial charge in [0.15, 0.2) is 0 Å². The number of nitrogens with zero attached hydrogens (tertiary/aromatic N) is 3. The van der Waals surface area contributed by atoms with Crippen molar-refractivity contribution in [2.75, 3.05) is 47.3 Å². The maximum absolute atomic E-state index is 12.6.